The standard InChI is InChI=1S/C19H23N3/c1-4-15(5-2)20-16-12-9-13-17-18(16)19(21-22(17)3)14-10-7-6-8-11-14/h6-13,15,20H,4-5H2,1-3H3. The normalized spacial score (nSPS) is 11.3. The topological polar surface area (TPSA) is 29.9 Å². The maximum absolute atomic E-state index is 4.76. The third-order valence-corrected chi connectivity index (χ3v) is 4.27. The molecule has 0 atom stereocenters. The molecule has 0 amide bonds. The maximum Gasteiger partial charge on any atom is 0.102 e. The second-order valence-electron chi connectivity index (χ2n) is 5.70. The molecule has 114 valence electrons. The lowest BCUT2D eigenvalue weighted by atomic mass is 10.1. The molecule has 0 unspecified atom stereocenters. The van der Waals surface area contributed by atoms with Crippen LogP contribution >= 0.6 is 0 Å². The molecule has 0 aliphatic rings. The Bertz CT molecular complexity index is 755. The van der Waals surface area contributed by atoms with Gasteiger partial charge in [-0.3, -0.25) is 4.68 Å². The number of anilines is 1. The lowest BCUT2D eigenvalue weighted by molar-refractivity contribution is 0.672. The van der Waals surface area contributed by atoms with Crippen molar-refractivity contribution in [3.63, 3.8) is 0 Å². The van der Waals surface area contributed by atoms with Gasteiger partial charge in [0.05, 0.1) is 10.9 Å². The Morgan fingerprint density at radius 3 is 2.41 bits per heavy atom. The van der Waals surface area contributed by atoms with Crippen LogP contribution in [0.25, 0.3) is 22.2 Å². The predicted molar refractivity (Wildman–Crippen MR) is 94.1 cm³/mol. The van der Waals surface area contributed by atoms with Crippen LogP contribution in [-0.2, 0) is 7.05 Å². The molecular formula is C19H23N3. The van der Waals surface area contributed by atoms with E-state index >= 15 is 0 Å². The molecule has 0 aliphatic carbocycles. The van der Waals surface area contributed by atoms with Crippen LogP contribution < -0.4 is 5.32 Å². The van der Waals surface area contributed by atoms with Crippen LogP contribution in [0.3, 0.4) is 0 Å². The van der Waals surface area contributed by atoms with Crippen molar-refractivity contribution in [1.29, 1.82) is 0 Å². The molecule has 1 aromatic heterocycles. The molecule has 0 saturated carbocycles. The fourth-order valence-electron chi connectivity index (χ4n) is 2.94. The van der Waals surface area contributed by atoms with E-state index in [1.807, 2.05) is 17.8 Å². The maximum atomic E-state index is 4.76. The molecule has 0 fully saturated rings. The molecule has 0 saturated heterocycles. The average Bonchev–Trinajstić information content (AvgIpc) is 2.91. The fourth-order valence-corrected chi connectivity index (χ4v) is 2.94. The minimum absolute atomic E-state index is 0.495. The first-order valence-electron chi connectivity index (χ1n) is 8.02. The lowest BCUT2D eigenvalue weighted by Crippen LogP contribution is -2.17. The summed E-state index contributed by atoms with van der Waals surface area (Å²) in [6.07, 6.45) is 2.24. The molecule has 0 radical (unpaired) electrons. The van der Waals surface area contributed by atoms with Gasteiger partial charge in [0.2, 0.25) is 0 Å². The third-order valence-electron chi connectivity index (χ3n) is 4.27. The number of aromatic nitrogens is 2. The summed E-state index contributed by atoms with van der Waals surface area (Å²) in [7, 11) is 2.01. The summed E-state index contributed by atoms with van der Waals surface area (Å²) in [6, 6.07) is 17.3. The van der Waals surface area contributed by atoms with Crippen LogP contribution in [0.5, 0.6) is 0 Å². The monoisotopic (exact) mass is 293 g/mol. The highest BCUT2D eigenvalue weighted by Gasteiger charge is 2.15. The highest BCUT2D eigenvalue weighted by Crippen LogP contribution is 2.33. The minimum atomic E-state index is 0.495. The second kappa shape index (κ2) is 6.22. The summed E-state index contributed by atoms with van der Waals surface area (Å²) in [5, 5.41) is 9.66. The van der Waals surface area contributed by atoms with Gasteiger partial charge in [-0.2, -0.15) is 5.10 Å². The molecule has 0 aliphatic heterocycles. The molecule has 1 N–H and O–H groups in total. The summed E-state index contributed by atoms with van der Waals surface area (Å²) < 4.78 is 1.97. The SMILES string of the molecule is CCC(CC)Nc1cccc2c1c(-c1ccccc1)nn2C. The van der Waals surface area contributed by atoms with Crippen molar-refractivity contribution >= 4 is 16.6 Å². The quantitative estimate of drug-likeness (QED) is 0.729. The first-order chi connectivity index (χ1) is 10.7. The molecule has 0 spiro atoms. The van der Waals surface area contributed by atoms with Gasteiger partial charge in [0.1, 0.15) is 5.69 Å². The number of nitrogens with one attached hydrogen (secondary N) is 1. The van der Waals surface area contributed by atoms with E-state index in [1.54, 1.807) is 0 Å². The van der Waals surface area contributed by atoms with Crippen molar-refractivity contribution in [2.24, 2.45) is 7.05 Å². The van der Waals surface area contributed by atoms with Crippen LogP contribution in [0.2, 0.25) is 0 Å². The van der Waals surface area contributed by atoms with Crippen molar-refractivity contribution in [3.8, 4) is 11.3 Å². The van der Waals surface area contributed by atoms with E-state index in [0.29, 0.717) is 6.04 Å². The first kappa shape index (κ1) is 14.6. The van der Waals surface area contributed by atoms with Crippen LogP contribution in [0.4, 0.5) is 5.69 Å². The molecule has 0 bridgehead atoms. The zero-order valence-corrected chi connectivity index (χ0v) is 13.5. The Labute approximate surface area is 132 Å². The molecule has 1 heterocycles. The van der Waals surface area contributed by atoms with Crippen LogP contribution in [-0.4, -0.2) is 15.8 Å². The number of hydrogen-bond acceptors (Lipinski definition) is 2. The average molecular weight is 293 g/mol. The van der Waals surface area contributed by atoms with E-state index in [4.69, 9.17) is 5.10 Å². The van der Waals surface area contributed by atoms with Crippen molar-refractivity contribution in [2.75, 3.05) is 5.32 Å². The van der Waals surface area contributed by atoms with Crippen molar-refractivity contribution in [3.05, 3.63) is 48.5 Å². The first-order valence-corrected chi connectivity index (χ1v) is 8.02. The van der Waals surface area contributed by atoms with E-state index in [-0.39, 0.29) is 0 Å². The number of hydrogen-bond donors (Lipinski definition) is 1. The van der Waals surface area contributed by atoms with Crippen molar-refractivity contribution in [1.82, 2.24) is 9.78 Å². The zero-order valence-electron chi connectivity index (χ0n) is 13.5. The molecule has 22 heavy (non-hydrogen) atoms. The number of rotatable bonds is 5. The van der Waals surface area contributed by atoms with Gasteiger partial charge in [0.25, 0.3) is 0 Å². The van der Waals surface area contributed by atoms with Gasteiger partial charge in [-0.15, -0.1) is 0 Å². The third kappa shape index (κ3) is 2.59. The van der Waals surface area contributed by atoms with Crippen LogP contribution in [0.1, 0.15) is 26.7 Å². The van der Waals surface area contributed by atoms with E-state index in [1.165, 1.54) is 11.1 Å². The van der Waals surface area contributed by atoms with Crippen LogP contribution in [0.15, 0.2) is 48.5 Å². The molecule has 2 aromatic carbocycles. The molecular weight excluding hydrogens is 270 g/mol. The zero-order chi connectivity index (χ0) is 15.5. The molecule has 3 aromatic rings. The largest absolute Gasteiger partial charge is 0.382 e. The molecule has 3 heteroatoms. The van der Waals surface area contributed by atoms with E-state index < -0.39 is 0 Å². The smallest absolute Gasteiger partial charge is 0.102 e. The number of nitrogens with zero attached hydrogens (tertiary/aromatic N) is 2. The van der Waals surface area contributed by atoms with Crippen molar-refractivity contribution in [2.45, 2.75) is 32.7 Å². The van der Waals surface area contributed by atoms with E-state index in [2.05, 4.69) is 61.6 Å². The Morgan fingerprint density at radius 2 is 1.73 bits per heavy atom. The second-order valence-corrected chi connectivity index (χ2v) is 5.70. The minimum Gasteiger partial charge on any atom is -0.382 e. The van der Waals surface area contributed by atoms with Gasteiger partial charge in [-0.1, -0.05) is 50.2 Å². The summed E-state index contributed by atoms with van der Waals surface area (Å²) in [5.74, 6) is 0. The summed E-state index contributed by atoms with van der Waals surface area (Å²) >= 11 is 0. The number of fused-ring (bicyclic) bond motifs is 1. The molecule has 3 rings (SSSR count). The van der Waals surface area contributed by atoms with Gasteiger partial charge in [-0.25, -0.2) is 0 Å². The summed E-state index contributed by atoms with van der Waals surface area (Å²) in [6.45, 7) is 4.45. The highest BCUT2D eigenvalue weighted by molar-refractivity contribution is 6.02. The number of benzene rings is 2. The van der Waals surface area contributed by atoms with Gasteiger partial charge in [-0.05, 0) is 25.0 Å². The highest BCUT2D eigenvalue weighted by atomic mass is 15.3. The van der Waals surface area contributed by atoms with Crippen molar-refractivity contribution < 1.29 is 0 Å². The lowest BCUT2D eigenvalue weighted by Gasteiger charge is -2.17. The predicted octanol–water partition coefficient (Wildman–Crippen LogP) is 4.84. The summed E-state index contributed by atoms with van der Waals surface area (Å²) in [4.78, 5) is 0. The van der Waals surface area contributed by atoms with Gasteiger partial charge < -0.3 is 5.32 Å². The number of aryl methyl sites for hydroxylation is 1. The van der Waals surface area contributed by atoms with Crippen LogP contribution in [0, 0.1) is 0 Å². The Balaban J connectivity index is 2.17. The Morgan fingerprint density at radius 1 is 1.00 bits per heavy atom. The van der Waals surface area contributed by atoms with E-state index in [9.17, 15) is 0 Å². The fraction of sp³-hybridized carbons (Fsp3) is 0.316. The van der Waals surface area contributed by atoms with Gasteiger partial charge >= 0.3 is 0 Å². The Hall–Kier alpha value is -2.29. The molecule has 3 nitrogen and oxygen atoms in total. The van der Waals surface area contributed by atoms with Gasteiger partial charge in [0.15, 0.2) is 0 Å². The van der Waals surface area contributed by atoms with E-state index in [0.717, 1.165) is 29.6 Å². The van der Waals surface area contributed by atoms with Gasteiger partial charge in [0, 0.05) is 24.3 Å². The Kier molecular flexibility index (Phi) is 4.14. The summed E-state index contributed by atoms with van der Waals surface area (Å²) in [5.41, 5.74) is 4.55.